The molecule has 0 aromatic rings. The summed E-state index contributed by atoms with van der Waals surface area (Å²) in [5.74, 6) is 1.98. The van der Waals surface area contributed by atoms with E-state index >= 15 is 0 Å². The zero-order valence-corrected chi connectivity index (χ0v) is 11.1. The molecule has 0 N–H and O–H groups in total. The molecular formula is C14H28N2. The molecular weight excluding hydrogens is 196 g/mol. The third-order valence-electron chi connectivity index (χ3n) is 4.47. The summed E-state index contributed by atoms with van der Waals surface area (Å²) < 4.78 is 0. The van der Waals surface area contributed by atoms with Crippen molar-refractivity contribution in [3.8, 4) is 0 Å². The molecule has 2 unspecified atom stereocenters. The lowest BCUT2D eigenvalue weighted by Crippen LogP contribution is -2.47. The van der Waals surface area contributed by atoms with Gasteiger partial charge in [-0.25, -0.2) is 0 Å². The largest absolute Gasteiger partial charge is 0.301 e. The van der Waals surface area contributed by atoms with Gasteiger partial charge in [-0.15, -0.1) is 0 Å². The monoisotopic (exact) mass is 224 g/mol. The summed E-state index contributed by atoms with van der Waals surface area (Å²) in [4.78, 5) is 5.27. The van der Waals surface area contributed by atoms with Crippen molar-refractivity contribution in [2.24, 2.45) is 11.8 Å². The lowest BCUT2D eigenvalue weighted by molar-refractivity contribution is 0.107. The molecule has 2 fully saturated rings. The minimum absolute atomic E-state index is 0.982. The molecule has 1 heterocycles. The highest BCUT2D eigenvalue weighted by Gasteiger charge is 2.23. The van der Waals surface area contributed by atoms with E-state index < -0.39 is 0 Å². The lowest BCUT2D eigenvalue weighted by Gasteiger charge is -2.37. The first-order valence-electron chi connectivity index (χ1n) is 7.22. The summed E-state index contributed by atoms with van der Waals surface area (Å²) >= 11 is 0. The Labute approximate surface area is 101 Å². The van der Waals surface area contributed by atoms with E-state index in [-0.39, 0.29) is 0 Å². The molecule has 16 heavy (non-hydrogen) atoms. The van der Waals surface area contributed by atoms with Crippen molar-refractivity contribution in [3.63, 3.8) is 0 Å². The van der Waals surface area contributed by atoms with Gasteiger partial charge in [-0.2, -0.15) is 0 Å². The minimum atomic E-state index is 0.982. The molecule has 0 spiro atoms. The molecule has 2 nitrogen and oxygen atoms in total. The maximum Gasteiger partial charge on any atom is 0.0110 e. The third kappa shape index (κ3) is 3.46. The zero-order chi connectivity index (χ0) is 11.4. The van der Waals surface area contributed by atoms with Crippen molar-refractivity contribution in [2.45, 2.75) is 39.5 Å². The molecule has 0 amide bonds. The molecule has 1 saturated heterocycles. The van der Waals surface area contributed by atoms with E-state index in [1.165, 1.54) is 65.0 Å². The highest BCUT2D eigenvalue weighted by Crippen LogP contribution is 2.29. The maximum atomic E-state index is 2.70. The van der Waals surface area contributed by atoms with Gasteiger partial charge < -0.3 is 9.80 Å². The summed E-state index contributed by atoms with van der Waals surface area (Å²) in [6.07, 6.45) is 5.91. The van der Waals surface area contributed by atoms with Gasteiger partial charge in [0.05, 0.1) is 0 Å². The molecule has 0 radical (unpaired) electrons. The van der Waals surface area contributed by atoms with Crippen molar-refractivity contribution in [2.75, 3.05) is 39.3 Å². The van der Waals surface area contributed by atoms with Crippen molar-refractivity contribution in [1.82, 2.24) is 9.80 Å². The Morgan fingerprint density at radius 1 is 1.00 bits per heavy atom. The molecule has 2 aliphatic rings. The Morgan fingerprint density at radius 3 is 2.31 bits per heavy atom. The lowest BCUT2D eigenvalue weighted by atomic mass is 9.82. The second-order valence-electron chi connectivity index (χ2n) is 5.87. The fraction of sp³-hybridized carbons (Fsp3) is 1.00. The van der Waals surface area contributed by atoms with Gasteiger partial charge in [0.15, 0.2) is 0 Å². The molecule has 2 rings (SSSR count). The van der Waals surface area contributed by atoms with Crippen LogP contribution in [0.4, 0.5) is 0 Å². The number of nitrogens with zero attached hydrogens (tertiary/aromatic N) is 2. The van der Waals surface area contributed by atoms with Gasteiger partial charge in [-0.3, -0.25) is 0 Å². The van der Waals surface area contributed by atoms with E-state index in [1.54, 1.807) is 0 Å². The first-order valence-corrected chi connectivity index (χ1v) is 7.22. The van der Waals surface area contributed by atoms with Crippen LogP contribution < -0.4 is 0 Å². The normalized spacial score (nSPS) is 34.1. The quantitative estimate of drug-likeness (QED) is 0.726. The van der Waals surface area contributed by atoms with Crippen molar-refractivity contribution >= 4 is 0 Å². The molecule has 1 aliphatic carbocycles. The van der Waals surface area contributed by atoms with Gasteiger partial charge in [0, 0.05) is 32.7 Å². The summed E-state index contributed by atoms with van der Waals surface area (Å²) in [6.45, 7) is 12.5. The van der Waals surface area contributed by atoms with Crippen LogP contribution in [0.3, 0.4) is 0 Å². The topological polar surface area (TPSA) is 6.48 Å². The maximum absolute atomic E-state index is 2.70. The van der Waals surface area contributed by atoms with Crippen LogP contribution in [0.5, 0.6) is 0 Å². The number of hydrogen-bond acceptors (Lipinski definition) is 2. The zero-order valence-electron chi connectivity index (χ0n) is 11.1. The van der Waals surface area contributed by atoms with E-state index in [4.69, 9.17) is 0 Å². The van der Waals surface area contributed by atoms with E-state index in [9.17, 15) is 0 Å². The van der Waals surface area contributed by atoms with Gasteiger partial charge >= 0.3 is 0 Å². The molecule has 2 heteroatoms. The summed E-state index contributed by atoms with van der Waals surface area (Å²) in [5.41, 5.74) is 0. The Kier molecular flexibility index (Phi) is 4.66. The van der Waals surface area contributed by atoms with Crippen LogP contribution in [0, 0.1) is 11.8 Å². The SMILES string of the molecule is CCN1CCN(CC2CCCC(C)C2)CC1. The van der Waals surface area contributed by atoms with E-state index in [2.05, 4.69) is 23.6 Å². The van der Waals surface area contributed by atoms with Crippen LogP contribution in [0.15, 0.2) is 0 Å². The third-order valence-corrected chi connectivity index (χ3v) is 4.47. The first kappa shape index (κ1) is 12.4. The molecule has 1 saturated carbocycles. The fourth-order valence-electron chi connectivity index (χ4n) is 3.38. The fourth-order valence-corrected chi connectivity index (χ4v) is 3.38. The van der Waals surface area contributed by atoms with Crippen LogP contribution in [-0.2, 0) is 0 Å². The van der Waals surface area contributed by atoms with Gasteiger partial charge in [-0.05, 0) is 31.2 Å². The average Bonchev–Trinajstić information content (AvgIpc) is 2.30. The van der Waals surface area contributed by atoms with E-state index in [0.29, 0.717) is 0 Å². The second-order valence-corrected chi connectivity index (χ2v) is 5.87. The Balaban J connectivity index is 1.69. The van der Waals surface area contributed by atoms with Crippen LogP contribution in [0.1, 0.15) is 39.5 Å². The first-order chi connectivity index (χ1) is 7.78. The number of hydrogen-bond donors (Lipinski definition) is 0. The van der Waals surface area contributed by atoms with E-state index in [1.807, 2.05) is 0 Å². The molecule has 2 atom stereocenters. The van der Waals surface area contributed by atoms with Crippen LogP contribution >= 0.6 is 0 Å². The molecule has 0 bridgehead atoms. The van der Waals surface area contributed by atoms with Crippen molar-refractivity contribution < 1.29 is 0 Å². The van der Waals surface area contributed by atoms with Gasteiger partial charge in [0.1, 0.15) is 0 Å². The number of piperazine rings is 1. The average molecular weight is 224 g/mol. The van der Waals surface area contributed by atoms with Crippen molar-refractivity contribution in [1.29, 1.82) is 0 Å². The van der Waals surface area contributed by atoms with Gasteiger partial charge in [0.25, 0.3) is 0 Å². The molecule has 0 aromatic carbocycles. The predicted octanol–water partition coefficient (Wildman–Crippen LogP) is 2.45. The smallest absolute Gasteiger partial charge is 0.0110 e. The van der Waals surface area contributed by atoms with E-state index in [0.717, 1.165) is 11.8 Å². The predicted molar refractivity (Wildman–Crippen MR) is 69.7 cm³/mol. The highest BCUT2D eigenvalue weighted by molar-refractivity contribution is 4.77. The standard InChI is InChI=1S/C14H28N2/c1-3-15-7-9-16(10-8-15)12-14-6-4-5-13(2)11-14/h13-14H,3-12H2,1-2H3. The minimum Gasteiger partial charge on any atom is -0.301 e. The number of rotatable bonds is 3. The Hall–Kier alpha value is -0.0800. The highest BCUT2D eigenvalue weighted by atomic mass is 15.3. The van der Waals surface area contributed by atoms with Crippen LogP contribution in [-0.4, -0.2) is 49.1 Å². The summed E-state index contributed by atoms with van der Waals surface area (Å²) in [6, 6.07) is 0. The second kappa shape index (κ2) is 6.02. The Morgan fingerprint density at radius 2 is 1.69 bits per heavy atom. The van der Waals surface area contributed by atoms with Crippen LogP contribution in [0.2, 0.25) is 0 Å². The summed E-state index contributed by atoms with van der Waals surface area (Å²) in [5, 5.41) is 0. The molecule has 1 aliphatic heterocycles. The van der Waals surface area contributed by atoms with Gasteiger partial charge in [0.2, 0.25) is 0 Å². The molecule has 0 aromatic heterocycles. The van der Waals surface area contributed by atoms with Crippen LogP contribution in [0.25, 0.3) is 0 Å². The van der Waals surface area contributed by atoms with Crippen molar-refractivity contribution in [3.05, 3.63) is 0 Å². The van der Waals surface area contributed by atoms with Gasteiger partial charge in [-0.1, -0.05) is 26.7 Å². The Bertz CT molecular complexity index is 197. The molecule has 94 valence electrons. The number of likely N-dealkylation sites (N-methyl/N-ethyl adjacent to an activating group) is 1. The summed E-state index contributed by atoms with van der Waals surface area (Å²) in [7, 11) is 0.